The van der Waals surface area contributed by atoms with Crippen LogP contribution in [0.15, 0.2) is 63.4 Å². The van der Waals surface area contributed by atoms with E-state index in [1.807, 2.05) is 18.2 Å². The molecule has 3 aliphatic rings. The summed E-state index contributed by atoms with van der Waals surface area (Å²) in [5, 5.41) is 10.7. The minimum atomic E-state index is -1.00. The van der Waals surface area contributed by atoms with Crippen LogP contribution in [0, 0.1) is 0 Å². The zero-order valence-corrected chi connectivity index (χ0v) is 23.0. The molecule has 0 radical (unpaired) electrons. The number of halogens is 3. The van der Waals surface area contributed by atoms with Crippen LogP contribution in [0.4, 0.5) is 0 Å². The van der Waals surface area contributed by atoms with Crippen molar-refractivity contribution in [3.05, 3.63) is 84.6 Å². The zero-order valence-electron chi connectivity index (χ0n) is 19.9. The van der Waals surface area contributed by atoms with Crippen molar-refractivity contribution in [1.29, 1.82) is 0 Å². The number of carboxylic acids is 1. The fraction of sp³-hybridized carbons (Fsp3) is 0.321. The molecule has 0 atom stereocenters. The van der Waals surface area contributed by atoms with Gasteiger partial charge in [0.15, 0.2) is 11.6 Å². The van der Waals surface area contributed by atoms with E-state index < -0.39 is 11.9 Å². The highest BCUT2D eigenvalue weighted by Gasteiger charge is 2.44. The lowest BCUT2D eigenvalue weighted by molar-refractivity contribution is -0.138. The maximum atomic E-state index is 13.4. The molecule has 192 valence electrons. The minimum Gasteiger partial charge on any atom is -0.489 e. The molecule has 2 aliphatic carbocycles. The number of aliphatic carboxylic acids is 1. The predicted molar refractivity (Wildman–Crippen MR) is 144 cm³/mol. The first-order valence-corrected chi connectivity index (χ1v) is 13.7. The third kappa shape index (κ3) is 5.09. The molecule has 6 nitrogen and oxygen atoms in total. The molecule has 9 heteroatoms. The first kappa shape index (κ1) is 26.0. The van der Waals surface area contributed by atoms with Crippen LogP contribution >= 0.6 is 39.1 Å². The van der Waals surface area contributed by atoms with Crippen LogP contribution in [0.5, 0.6) is 5.75 Å². The van der Waals surface area contributed by atoms with Gasteiger partial charge in [-0.2, -0.15) is 0 Å². The smallest absolute Gasteiger partial charge is 0.323 e. The second kappa shape index (κ2) is 10.6. The van der Waals surface area contributed by atoms with E-state index in [1.165, 1.54) is 0 Å². The number of hydrogen-bond donors (Lipinski definition) is 1. The Morgan fingerprint density at radius 3 is 2.22 bits per heavy atom. The second-order valence-electron chi connectivity index (χ2n) is 9.39. The van der Waals surface area contributed by atoms with Crippen molar-refractivity contribution >= 4 is 56.7 Å². The minimum absolute atomic E-state index is 0.0572. The van der Waals surface area contributed by atoms with E-state index in [0.717, 1.165) is 10.0 Å². The normalized spacial score (nSPS) is 18.2. The van der Waals surface area contributed by atoms with Crippen LogP contribution in [-0.4, -0.2) is 34.1 Å². The van der Waals surface area contributed by atoms with E-state index in [-0.39, 0.29) is 24.7 Å². The fourth-order valence-electron chi connectivity index (χ4n) is 5.52. The molecule has 0 saturated carbocycles. The first-order chi connectivity index (χ1) is 17.7. The monoisotopic (exact) mass is 603 g/mol. The molecule has 1 heterocycles. The first-order valence-electron chi connectivity index (χ1n) is 12.1. The molecule has 2 aromatic rings. The third-order valence-electron chi connectivity index (χ3n) is 7.06. The van der Waals surface area contributed by atoms with Gasteiger partial charge in [0.1, 0.15) is 18.9 Å². The van der Waals surface area contributed by atoms with Crippen molar-refractivity contribution in [1.82, 2.24) is 4.90 Å². The maximum absolute atomic E-state index is 13.4. The van der Waals surface area contributed by atoms with E-state index in [2.05, 4.69) is 15.9 Å². The van der Waals surface area contributed by atoms with Crippen LogP contribution < -0.4 is 4.74 Å². The van der Waals surface area contributed by atoms with Crippen molar-refractivity contribution in [3.63, 3.8) is 0 Å². The Hall–Kier alpha value is -2.61. The van der Waals surface area contributed by atoms with Crippen molar-refractivity contribution in [2.75, 3.05) is 6.54 Å². The molecule has 37 heavy (non-hydrogen) atoms. The summed E-state index contributed by atoms with van der Waals surface area (Å²) in [5.74, 6) is -1.21. The predicted octanol–water partition coefficient (Wildman–Crippen LogP) is 6.83. The van der Waals surface area contributed by atoms with Gasteiger partial charge in [-0.05, 0) is 56.0 Å². The van der Waals surface area contributed by atoms with E-state index in [9.17, 15) is 19.5 Å². The number of nitrogens with zero attached hydrogens (tertiary/aromatic N) is 1. The quantitative estimate of drug-likeness (QED) is 0.389. The average molecular weight is 605 g/mol. The molecular weight excluding hydrogens is 581 g/mol. The van der Waals surface area contributed by atoms with Gasteiger partial charge in [-0.1, -0.05) is 45.2 Å². The second-order valence-corrected chi connectivity index (χ2v) is 11.2. The summed E-state index contributed by atoms with van der Waals surface area (Å²) >= 11 is 15.9. The molecule has 0 spiro atoms. The highest BCUT2D eigenvalue weighted by atomic mass is 79.9. The maximum Gasteiger partial charge on any atom is 0.323 e. The molecule has 1 aliphatic heterocycles. The van der Waals surface area contributed by atoms with Gasteiger partial charge < -0.3 is 14.7 Å². The lowest BCUT2D eigenvalue weighted by atomic mass is 9.70. The number of carbonyl (C=O) groups excluding carboxylic acids is 2. The molecule has 0 aromatic heterocycles. The number of rotatable bonds is 6. The van der Waals surface area contributed by atoms with Gasteiger partial charge in [-0.15, -0.1) is 0 Å². The highest BCUT2D eigenvalue weighted by Crippen LogP contribution is 2.51. The van der Waals surface area contributed by atoms with E-state index in [4.69, 9.17) is 27.9 Å². The van der Waals surface area contributed by atoms with Crippen molar-refractivity contribution in [3.8, 4) is 5.75 Å². The van der Waals surface area contributed by atoms with Gasteiger partial charge in [0.25, 0.3) is 0 Å². The molecule has 0 amide bonds. The third-order valence-corrected chi connectivity index (χ3v) is 8.14. The van der Waals surface area contributed by atoms with Gasteiger partial charge in [0, 0.05) is 66.9 Å². The van der Waals surface area contributed by atoms with E-state index >= 15 is 0 Å². The summed E-state index contributed by atoms with van der Waals surface area (Å²) in [6, 6.07) is 10.7. The number of Topliss-reactive ketones (excluding diaryl/α,β-unsaturated/α-hetero) is 2. The Balaban J connectivity index is 1.65. The molecule has 0 bridgehead atoms. The summed E-state index contributed by atoms with van der Waals surface area (Å²) in [4.78, 5) is 40.4. The number of allylic oxidation sites excluding steroid dienone is 4. The summed E-state index contributed by atoms with van der Waals surface area (Å²) < 4.78 is 7.03. The van der Waals surface area contributed by atoms with Crippen molar-refractivity contribution in [2.45, 2.75) is 51.0 Å². The average Bonchev–Trinajstić information content (AvgIpc) is 2.85. The topological polar surface area (TPSA) is 83.9 Å². The molecular formula is C28H24BrCl2NO5. The SMILES string of the molecule is O=C(O)CN1C2=C(C(=O)CCC2)C(c2cc(Br)ccc2OCc2ccc(Cl)cc2Cl)C2=C1CCCC2=O. The number of carbonyl (C=O) groups is 3. The highest BCUT2D eigenvalue weighted by molar-refractivity contribution is 9.10. The molecule has 0 saturated heterocycles. The molecule has 1 N–H and O–H groups in total. The largest absolute Gasteiger partial charge is 0.489 e. The van der Waals surface area contributed by atoms with Gasteiger partial charge in [0.2, 0.25) is 0 Å². The number of ketones is 2. The van der Waals surface area contributed by atoms with Gasteiger partial charge in [-0.25, -0.2) is 0 Å². The Kier molecular flexibility index (Phi) is 7.48. The van der Waals surface area contributed by atoms with E-state index in [1.54, 1.807) is 23.1 Å². The van der Waals surface area contributed by atoms with Gasteiger partial charge >= 0.3 is 5.97 Å². The summed E-state index contributed by atoms with van der Waals surface area (Å²) in [5.41, 5.74) is 3.88. The molecule has 2 aromatic carbocycles. The summed E-state index contributed by atoms with van der Waals surface area (Å²) in [6.45, 7) is -0.107. The fourth-order valence-corrected chi connectivity index (χ4v) is 6.37. The standard InChI is InChI=1S/C28H24BrCl2NO5/c29-16-8-10-24(37-14-15-7-9-17(30)12-19(15)31)18(11-16)26-27-20(3-1-5-22(27)33)32(13-25(35)36)21-4-2-6-23(34)28(21)26/h7-12,26H,1-6,13-14H2,(H,35,36). The van der Waals surface area contributed by atoms with Crippen LogP contribution in [0.25, 0.3) is 0 Å². The number of ether oxygens (including phenoxy) is 1. The number of carboxylic acid groups (broad SMARTS) is 1. The molecule has 5 rings (SSSR count). The Morgan fingerprint density at radius 1 is 0.973 bits per heavy atom. The van der Waals surface area contributed by atoms with Crippen LogP contribution in [0.2, 0.25) is 10.0 Å². The Morgan fingerprint density at radius 2 is 1.62 bits per heavy atom. The zero-order chi connectivity index (χ0) is 26.3. The van der Waals surface area contributed by atoms with Crippen LogP contribution in [-0.2, 0) is 21.0 Å². The van der Waals surface area contributed by atoms with Gasteiger partial charge in [0.05, 0.1) is 0 Å². The van der Waals surface area contributed by atoms with Gasteiger partial charge in [-0.3, -0.25) is 14.4 Å². The molecule has 0 unspecified atom stereocenters. The summed E-state index contributed by atoms with van der Waals surface area (Å²) in [6.07, 6.45) is 3.18. The van der Waals surface area contributed by atoms with Crippen molar-refractivity contribution in [2.24, 2.45) is 0 Å². The van der Waals surface area contributed by atoms with Crippen molar-refractivity contribution < 1.29 is 24.2 Å². The Labute approximate surface area is 233 Å². The lowest BCUT2D eigenvalue weighted by Crippen LogP contribution is -2.41. The number of benzene rings is 2. The lowest BCUT2D eigenvalue weighted by Gasteiger charge is -2.43. The molecule has 0 fully saturated rings. The summed E-state index contributed by atoms with van der Waals surface area (Å²) in [7, 11) is 0. The Bertz CT molecular complexity index is 1340. The van der Waals surface area contributed by atoms with Crippen LogP contribution in [0.3, 0.4) is 0 Å². The number of hydrogen-bond acceptors (Lipinski definition) is 5. The van der Waals surface area contributed by atoms with Crippen LogP contribution in [0.1, 0.15) is 55.6 Å². The van der Waals surface area contributed by atoms with E-state index in [0.29, 0.717) is 82.4 Å².